The van der Waals surface area contributed by atoms with Gasteiger partial charge in [0.05, 0.1) is 29.4 Å². The first kappa shape index (κ1) is 28.2. The molecule has 1 N–H and O–H groups in total. The molecular formula is C35H30N2O5. The Balaban J connectivity index is 1.55. The zero-order valence-electron chi connectivity index (χ0n) is 23.6. The van der Waals surface area contributed by atoms with Gasteiger partial charge in [0.2, 0.25) is 0 Å². The summed E-state index contributed by atoms with van der Waals surface area (Å²) in [7, 11) is 0. The first-order valence-corrected chi connectivity index (χ1v) is 13.6. The summed E-state index contributed by atoms with van der Waals surface area (Å²) in [6.45, 7) is 6.10. The predicted octanol–water partition coefficient (Wildman–Crippen LogP) is 6.86. The smallest absolute Gasteiger partial charge is 0.300 e. The Labute approximate surface area is 244 Å². The van der Waals surface area contributed by atoms with Crippen molar-refractivity contribution in [2.45, 2.75) is 39.5 Å². The SMILES string of the molecule is Cc1cc(/C(O)=C2/C(=O)C(=O)N(c3ccc(C#N)cc3)C2c2ccc(OC(C)C)cc2)ccc1OCc1ccccc1. The molecule has 1 amide bonds. The summed E-state index contributed by atoms with van der Waals surface area (Å²) >= 11 is 0. The number of amides is 1. The van der Waals surface area contributed by atoms with Gasteiger partial charge in [0.1, 0.15) is 23.9 Å². The molecule has 4 aromatic carbocycles. The van der Waals surface area contributed by atoms with Crippen molar-refractivity contribution in [3.8, 4) is 17.6 Å². The van der Waals surface area contributed by atoms with Crippen LogP contribution in [0.5, 0.6) is 11.5 Å². The molecule has 7 heteroatoms. The summed E-state index contributed by atoms with van der Waals surface area (Å²) in [5.41, 5.74) is 3.63. The highest BCUT2D eigenvalue weighted by atomic mass is 16.5. The second-order valence-corrected chi connectivity index (χ2v) is 10.3. The van der Waals surface area contributed by atoms with Gasteiger partial charge in [-0.1, -0.05) is 42.5 Å². The number of Topliss-reactive ketones (excluding diaryl/α,β-unsaturated/α-hetero) is 1. The number of nitriles is 1. The van der Waals surface area contributed by atoms with Crippen LogP contribution in [0.4, 0.5) is 5.69 Å². The maximum Gasteiger partial charge on any atom is 0.300 e. The van der Waals surface area contributed by atoms with Crippen LogP contribution in [0.15, 0.2) is 103 Å². The van der Waals surface area contributed by atoms with Gasteiger partial charge < -0.3 is 14.6 Å². The van der Waals surface area contributed by atoms with Gasteiger partial charge >= 0.3 is 0 Å². The van der Waals surface area contributed by atoms with Crippen LogP contribution in [0, 0.1) is 18.3 Å². The van der Waals surface area contributed by atoms with Gasteiger partial charge in [-0.05, 0) is 92.1 Å². The van der Waals surface area contributed by atoms with Crippen molar-refractivity contribution in [3.05, 3.63) is 130 Å². The number of hydrogen-bond donors (Lipinski definition) is 1. The number of ketones is 1. The summed E-state index contributed by atoms with van der Waals surface area (Å²) in [6.07, 6.45) is -0.0250. The highest BCUT2D eigenvalue weighted by molar-refractivity contribution is 6.51. The zero-order valence-corrected chi connectivity index (χ0v) is 23.6. The Bertz CT molecular complexity index is 1680. The van der Waals surface area contributed by atoms with Gasteiger partial charge in [-0.2, -0.15) is 5.26 Å². The average molecular weight is 559 g/mol. The number of carbonyl (C=O) groups is 2. The molecule has 210 valence electrons. The Morgan fingerprint density at radius 2 is 1.64 bits per heavy atom. The highest BCUT2D eigenvalue weighted by Crippen LogP contribution is 2.43. The maximum absolute atomic E-state index is 13.5. The van der Waals surface area contributed by atoms with E-state index in [2.05, 4.69) is 6.07 Å². The Morgan fingerprint density at radius 3 is 2.26 bits per heavy atom. The third-order valence-corrected chi connectivity index (χ3v) is 6.97. The van der Waals surface area contributed by atoms with E-state index in [1.54, 1.807) is 66.7 Å². The van der Waals surface area contributed by atoms with Crippen molar-refractivity contribution in [2.24, 2.45) is 0 Å². The van der Waals surface area contributed by atoms with Crippen molar-refractivity contribution in [1.82, 2.24) is 0 Å². The van der Waals surface area contributed by atoms with Gasteiger partial charge in [0.15, 0.2) is 0 Å². The predicted molar refractivity (Wildman–Crippen MR) is 160 cm³/mol. The Hall–Kier alpha value is -5.35. The third kappa shape index (κ3) is 5.74. The van der Waals surface area contributed by atoms with Crippen LogP contribution in [0.25, 0.3) is 5.76 Å². The molecular weight excluding hydrogens is 528 g/mol. The minimum Gasteiger partial charge on any atom is -0.507 e. The Kier molecular flexibility index (Phi) is 8.07. The van der Waals surface area contributed by atoms with Gasteiger partial charge in [0, 0.05) is 11.3 Å². The standard InChI is InChI=1S/C35H30N2O5/c1-22(2)42-29-16-11-26(12-17-29)32-31(34(39)35(40)37(32)28-14-9-24(20-36)10-15-28)33(38)27-13-18-30(23(3)19-27)41-21-25-7-5-4-6-8-25/h4-19,22,32,38H,21H2,1-3H3/b33-31-. The van der Waals surface area contributed by atoms with E-state index in [9.17, 15) is 20.0 Å². The van der Waals surface area contributed by atoms with Crippen LogP contribution >= 0.6 is 0 Å². The monoisotopic (exact) mass is 558 g/mol. The molecule has 1 unspecified atom stereocenters. The molecule has 1 atom stereocenters. The van der Waals surface area contributed by atoms with E-state index >= 15 is 0 Å². The second-order valence-electron chi connectivity index (χ2n) is 10.3. The topological polar surface area (TPSA) is 99.9 Å². The summed E-state index contributed by atoms with van der Waals surface area (Å²) in [4.78, 5) is 28.3. The van der Waals surface area contributed by atoms with E-state index in [1.165, 1.54) is 4.90 Å². The Morgan fingerprint density at radius 1 is 0.952 bits per heavy atom. The molecule has 0 bridgehead atoms. The number of benzene rings is 4. The van der Waals surface area contributed by atoms with Gasteiger partial charge in [-0.3, -0.25) is 14.5 Å². The lowest BCUT2D eigenvalue weighted by molar-refractivity contribution is -0.132. The van der Waals surface area contributed by atoms with Crippen molar-refractivity contribution < 1.29 is 24.2 Å². The number of rotatable bonds is 8. The number of nitrogens with zero attached hydrogens (tertiary/aromatic N) is 2. The molecule has 7 nitrogen and oxygen atoms in total. The van der Waals surface area contributed by atoms with Crippen LogP contribution in [-0.4, -0.2) is 22.9 Å². The minimum absolute atomic E-state index is 0.0250. The maximum atomic E-state index is 13.5. The molecule has 5 rings (SSSR count). The number of anilines is 1. The van der Waals surface area contributed by atoms with E-state index in [4.69, 9.17) is 9.47 Å². The number of aliphatic hydroxyl groups is 1. The lowest BCUT2D eigenvalue weighted by Crippen LogP contribution is -2.29. The molecule has 1 aliphatic heterocycles. The van der Waals surface area contributed by atoms with Crippen molar-refractivity contribution >= 4 is 23.1 Å². The fraction of sp³-hybridized carbons (Fsp3) is 0.171. The summed E-state index contributed by atoms with van der Waals surface area (Å²) in [5.74, 6) is -0.564. The van der Waals surface area contributed by atoms with Crippen molar-refractivity contribution in [2.75, 3.05) is 4.90 Å². The number of aliphatic hydroxyl groups excluding tert-OH is 1. The first-order valence-electron chi connectivity index (χ1n) is 13.6. The molecule has 0 aromatic heterocycles. The van der Waals surface area contributed by atoms with E-state index < -0.39 is 17.7 Å². The largest absolute Gasteiger partial charge is 0.507 e. The molecule has 0 spiro atoms. The van der Waals surface area contributed by atoms with Crippen molar-refractivity contribution in [1.29, 1.82) is 5.26 Å². The van der Waals surface area contributed by atoms with E-state index in [-0.39, 0.29) is 17.4 Å². The molecule has 0 aliphatic carbocycles. The van der Waals surface area contributed by atoms with Gasteiger partial charge in [-0.25, -0.2) is 0 Å². The quantitative estimate of drug-likeness (QED) is 0.144. The fourth-order valence-corrected chi connectivity index (χ4v) is 4.96. The molecule has 0 radical (unpaired) electrons. The fourth-order valence-electron chi connectivity index (χ4n) is 4.96. The van der Waals surface area contributed by atoms with Gasteiger partial charge in [0.25, 0.3) is 11.7 Å². The molecule has 0 saturated carbocycles. The number of ether oxygens (including phenoxy) is 2. The zero-order chi connectivity index (χ0) is 29.8. The summed E-state index contributed by atoms with van der Waals surface area (Å²) < 4.78 is 11.8. The van der Waals surface area contributed by atoms with Crippen LogP contribution in [-0.2, 0) is 16.2 Å². The lowest BCUT2D eigenvalue weighted by atomic mass is 9.94. The van der Waals surface area contributed by atoms with Crippen LogP contribution in [0.3, 0.4) is 0 Å². The number of aryl methyl sites for hydroxylation is 1. The van der Waals surface area contributed by atoms with Crippen molar-refractivity contribution in [3.63, 3.8) is 0 Å². The van der Waals surface area contributed by atoms with E-state index in [0.29, 0.717) is 40.5 Å². The van der Waals surface area contributed by atoms with Gasteiger partial charge in [-0.15, -0.1) is 0 Å². The third-order valence-electron chi connectivity index (χ3n) is 6.97. The second kappa shape index (κ2) is 12.0. The first-order chi connectivity index (χ1) is 20.3. The lowest BCUT2D eigenvalue weighted by Gasteiger charge is -2.26. The molecule has 1 aliphatic rings. The number of carbonyl (C=O) groups excluding carboxylic acids is 2. The number of hydrogen-bond acceptors (Lipinski definition) is 6. The molecule has 1 heterocycles. The summed E-state index contributed by atoms with van der Waals surface area (Å²) in [6, 6.07) is 29.6. The van der Waals surface area contributed by atoms with E-state index in [0.717, 1.165) is 11.1 Å². The minimum atomic E-state index is -0.902. The van der Waals surface area contributed by atoms with Crippen LogP contribution in [0.1, 0.15) is 47.7 Å². The van der Waals surface area contributed by atoms with E-state index in [1.807, 2.05) is 51.1 Å². The normalized spacial score (nSPS) is 16.0. The molecule has 4 aromatic rings. The average Bonchev–Trinajstić information content (AvgIpc) is 3.26. The molecule has 42 heavy (non-hydrogen) atoms. The molecule has 1 saturated heterocycles. The molecule has 1 fully saturated rings. The van der Waals surface area contributed by atoms with Crippen LogP contribution < -0.4 is 14.4 Å². The summed E-state index contributed by atoms with van der Waals surface area (Å²) in [5, 5.41) is 20.8. The highest BCUT2D eigenvalue weighted by Gasteiger charge is 2.47. The van der Waals surface area contributed by atoms with Crippen LogP contribution in [0.2, 0.25) is 0 Å².